The predicted molar refractivity (Wildman–Crippen MR) is 89.0 cm³/mol. The Morgan fingerprint density at radius 2 is 1.77 bits per heavy atom. The minimum Gasteiger partial charge on any atom is -0.322 e. The number of amides is 1. The summed E-state index contributed by atoms with van der Waals surface area (Å²) in [6.07, 6.45) is 0. The molecule has 116 valence electrons. The van der Waals surface area contributed by atoms with Crippen molar-refractivity contribution >= 4 is 11.6 Å². The maximum Gasteiger partial charge on any atom is 0.258 e. The molecule has 0 spiro atoms. The SMILES string of the molecule is Cc1cccc(NC(=O)c2ccc(C)c(C(C)(C)C)c2F)c1. The molecule has 0 heterocycles. The molecule has 0 aliphatic heterocycles. The summed E-state index contributed by atoms with van der Waals surface area (Å²) in [6, 6.07) is 10.8. The van der Waals surface area contributed by atoms with E-state index in [0.717, 1.165) is 11.1 Å². The van der Waals surface area contributed by atoms with Crippen LogP contribution >= 0.6 is 0 Å². The van der Waals surface area contributed by atoms with Crippen molar-refractivity contribution in [2.24, 2.45) is 0 Å². The summed E-state index contributed by atoms with van der Waals surface area (Å²) in [7, 11) is 0. The summed E-state index contributed by atoms with van der Waals surface area (Å²) in [4.78, 5) is 12.4. The molecule has 0 unspecified atom stereocenters. The van der Waals surface area contributed by atoms with E-state index in [4.69, 9.17) is 0 Å². The number of rotatable bonds is 2. The fourth-order valence-electron chi connectivity index (χ4n) is 2.69. The fourth-order valence-corrected chi connectivity index (χ4v) is 2.69. The van der Waals surface area contributed by atoms with Crippen molar-refractivity contribution < 1.29 is 9.18 Å². The summed E-state index contributed by atoms with van der Waals surface area (Å²) in [6.45, 7) is 9.65. The average molecular weight is 299 g/mol. The molecule has 2 nitrogen and oxygen atoms in total. The van der Waals surface area contributed by atoms with Crippen LogP contribution in [0, 0.1) is 19.7 Å². The molecule has 2 aromatic carbocycles. The van der Waals surface area contributed by atoms with Crippen molar-refractivity contribution in [2.45, 2.75) is 40.0 Å². The van der Waals surface area contributed by atoms with Gasteiger partial charge in [-0.25, -0.2) is 4.39 Å². The van der Waals surface area contributed by atoms with E-state index in [-0.39, 0.29) is 11.0 Å². The van der Waals surface area contributed by atoms with Crippen LogP contribution in [0.2, 0.25) is 0 Å². The lowest BCUT2D eigenvalue weighted by Gasteiger charge is -2.23. The molecular weight excluding hydrogens is 277 g/mol. The number of aryl methyl sites for hydroxylation is 2. The standard InChI is InChI=1S/C19H22FNO/c1-12-7-6-8-14(11-12)21-18(22)15-10-9-13(2)16(17(15)20)19(3,4)5/h6-11H,1-5H3,(H,21,22). The van der Waals surface area contributed by atoms with Gasteiger partial charge in [-0.15, -0.1) is 0 Å². The number of anilines is 1. The van der Waals surface area contributed by atoms with Crippen LogP contribution in [-0.2, 0) is 5.41 Å². The molecule has 0 saturated heterocycles. The van der Waals surface area contributed by atoms with E-state index >= 15 is 0 Å². The number of carbonyl (C=O) groups is 1. The second-order valence-corrected chi connectivity index (χ2v) is 6.69. The number of benzene rings is 2. The van der Waals surface area contributed by atoms with Gasteiger partial charge in [0, 0.05) is 5.69 Å². The maximum absolute atomic E-state index is 14.8. The molecule has 0 bridgehead atoms. The molecular formula is C19H22FNO. The molecule has 0 atom stereocenters. The number of hydrogen-bond donors (Lipinski definition) is 1. The first-order valence-electron chi connectivity index (χ1n) is 7.38. The fraction of sp³-hybridized carbons (Fsp3) is 0.316. The molecule has 3 heteroatoms. The van der Waals surface area contributed by atoms with Gasteiger partial charge in [0.25, 0.3) is 5.91 Å². The van der Waals surface area contributed by atoms with E-state index in [1.54, 1.807) is 18.2 Å². The van der Waals surface area contributed by atoms with Crippen LogP contribution in [0.4, 0.5) is 10.1 Å². The molecule has 0 saturated carbocycles. The van der Waals surface area contributed by atoms with Gasteiger partial charge in [0.05, 0.1) is 5.56 Å². The van der Waals surface area contributed by atoms with Gasteiger partial charge in [-0.1, -0.05) is 39.0 Å². The highest BCUT2D eigenvalue weighted by Gasteiger charge is 2.25. The zero-order valence-electron chi connectivity index (χ0n) is 13.8. The van der Waals surface area contributed by atoms with Gasteiger partial charge in [0.15, 0.2) is 0 Å². The summed E-state index contributed by atoms with van der Waals surface area (Å²) >= 11 is 0. The Morgan fingerprint density at radius 1 is 1.09 bits per heavy atom. The quantitative estimate of drug-likeness (QED) is 0.831. The highest BCUT2D eigenvalue weighted by molar-refractivity contribution is 6.04. The Labute approximate surface area is 131 Å². The van der Waals surface area contributed by atoms with E-state index in [9.17, 15) is 9.18 Å². The molecule has 0 aromatic heterocycles. The first kappa shape index (κ1) is 16.2. The summed E-state index contributed by atoms with van der Waals surface area (Å²) in [5.41, 5.74) is 2.88. The topological polar surface area (TPSA) is 29.1 Å². The van der Waals surface area contributed by atoms with E-state index in [1.165, 1.54) is 0 Å². The Bertz CT molecular complexity index is 714. The Balaban J connectivity index is 2.39. The number of halogens is 1. The Hall–Kier alpha value is -2.16. The van der Waals surface area contributed by atoms with E-state index < -0.39 is 11.7 Å². The molecule has 2 rings (SSSR count). The first-order valence-corrected chi connectivity index (χ1v) is 7.38. The Kier molecular flexibility index (Phi) is 4.36. The zero-order chi connectivity index (χ0) is 16.5. The molecule has 0 aliphatic carbocycles. The highest BCUT2D eigenvalue weighted by Crippen LogP contribution is 2.30. The van der Waals surface area contributed by atoms with E-state index in [0.29, 0.717) is 11.3 Å². The van der Waals surface area contributed by atoms with Crippen molar-refractivity contribution in [3.05, 3.63) is 64.5 Å². The van der Waals surface area contributed by atoms with Gasteiger partial charge in [-0.2, -0.15) is 0 Å². The van der Waals surface area contributed by atoms with E-state index in [2.05, 4.69) is 5.32 Å². The van der Waals surface area contributed by atoms with Gasteiger partial charge in [-0.05, 0) is 54.2 Å². The average Bonchev–Trinajstić information content (AvgIpc) is 2.36. The molecule has 0 aliphatic rings. The van der Waals surface area contributed by atoms with Crippen molar-refractivity contribution in [2.75, 3.05) is 5.32 Å². The minimum absolute atomic E-state index is 0.0806. The lowest BCUT2D eigenvalue weighted by Crippen LogP contribution is -2.21. The van der Waals surface area contributed by atoms with Crippen molar-refractivity contribution in [3.63, 3.8) is 0 Å². The van der Waals surface area contributed by atoms with Crippen LogP contribution in [0.3, 0.4) is 0 Å². The van der Waals surface area contributed by atoms with Crippen LogP contribution in [0.5, 0.6) is 0 Å². The molecule has 0 fully saturated rings. The molecule has 22 heavy (non-hydrogen) atoms. The van der Waals surface area contributed by atoms with Gasteiger partial charge >= 0.3 is 0 Å². The van der Waals surface area contributed by atoms with Crippen molar-refractivity contribution in [1.82, 2.24) is 0 Å². The zero-order valence-corrected chi connectivity index (χ0v) is 13.8. The van der Waals surface area contributed by atoms with Gasteiger partial charge < -0.3 is 5.32 Å². The second kappa shape index (κ2) is 5.91. The molecule has 2 aromatic rings. The summed E-state index contributed by atoms with van der Waals surface area (Å²) in [5, 5.41) is 2.76. The monoisotopic (exact) mass is 299 g/mol. The van der Waals surface area contributed by atoms with Crippen LogP contribution < -0.4 is 5.32 Å². The summed E-state index contributed by atoms with van der Waals surface area (Å²) in [5.74, 6) is -0.855. The second-order valence-electron chi connectivity index (χ2n) is 6.69. The third-order valence-electron chi connectivity index (χ3n) is 3.62. The predicted octanol–water partition coefficient (Wildman–Crippen LogP) is 4.99. The van der Waals surface area contributed by atoms with Gasteiger partial charge in [0.2, 0.25) is 0 Å². The highest BCUT2D eigenvalue weighted by atomic mass is 19.1. The largest absolute Gasteiger partial charge is 0.322 e. The van der Waals surface area contributed by atoms with Crippen molar-refractivity contribution in [1.29, 1.82) is 0 Å². The number of nitrogens with one attached hydrogen (secondary N) is 1. The van der Waals surface area contributed by atoms with E-state index in [1.807, 2.05) is 52.8 Å². The normalized spacial score (nSPS) is 11.4. The lowest BCUT2D eigenvalue weighted by molar-refractivity contribution is 0.102. The van der Waals surface area contributed by atoms with Crippen LogP contribution in [-0.4, -0.2) is 5.91 Å². The van der Waals surface area contributed by atoms with Crippen LogP contribution in [0.15, 0.2) is 36.4 Å². The first-order chi connectivity index (χ1) is 10.2. The number of hydrogen-bond acceptors (Lipinski definition) is 1. The van der Waals surface area contributed by atoms with Gasteiger partial charge in [-0.3, -0.25) is 4.79 Å². The Morgan fingerprint density at radius 3 is 2.36 bits per heavy atom. The summed E-state index contributed by atoms with van der Waals surface area (Å²) < 4.78 is 14.8. The van der Waals surface area contributed by atoms with Crippen molar-refractivity contribution in [3.8, 4) is 0 Å². The minimum atomic E-state index is -0.433. The van der Waals surface area contributed by atoms with Gasteiger partial charge in [0.1, 0.15) is 5.82 Å². The molecule has 1 amide bonds. The van der Waals surface area contributed by atoms with Crippen LogP contribution in [0.1, 0.15) is 47.8 Å². The van der Waals surface area contributed by atoms with Crippen LogP contribution in [0.25, 0.3) is 0 Å². The molecule has 0 radical (unpaired) electrons. The maximum atomic E-state index is 14.8. The smallest absolute Gasteiger partial charge is 0.258 e. The molecule has 1 N–H and O–H groups in total. The number of carbonyl (C=O) groups excluding carboxylic acids is 1. The lowest BCUT2D eigenvalue weighted by atomic mass is 9.82. The third-order valence-corrected chi connectivity index (χ3v) is 3.62. The third kappa shape index (κ3) is 3.35.